The SMILES string of the molecule is CC(C)(C)NC(N)=NCCN1CCN(c2ccc(F)cc2)CC1.I. The molecular weight excluding hydrogens is 420 g/mol. The summed E-state index contributed by atoms with van der Waals surface area (Å²) in [6, 6.07) is 6.71. The molecule has 0 amide bonds. The molecule has 0 bridgehead atoms. The molecule has 2 rings (SSSR count). The topological polar surface area (TPSA) is 56.9 Å². The molecule has 7 heteroatoms. The lowest BCUT2D eigenvalue weighted by Crippen LogP contribution is -2.48. The summed E-state index contributed by atoms with van der Waals surface area (Å²) in [7, 11) is 0. The molecule has 1 aromatic carbocycles. The lowest BCUT2D eigenvalue weighted by molar-refractivity contribution is 0.265. The van der Waals surface area contributed by atoms with E-state index in [9.17, 15) is 4.39 Å². The second-order valence-electron chi connectivity index (χ2n) is 6.95. The van der Waals surface area contributed by atoms with Gasteiger partial charge in [0.2, 0.25) is 0 Å². The second-order valence-corrected chi connectivity index (χ2v) is 6.95. The van der Waals surface area contributed by atoms with Crippen molar-refractivity contribution in [3.63, 3.8) is 0 Å². The van der Waals surface area contributed by atoms with Crippen LogP contribution in [0.2, 0.25) is 0 Å². The van der Waals surface area contributed by atoms with E-state index in [1.54, 1.807) is 0 Å². The van der Waals surface area contributed by atoms with E-state index in [4.69, 9.17) is 5.73 Å². The van der Waals surface area contributed by atoms with Crippen LogP contribution in [0.15, 0.2) is 29.3 Å². The predicted molar refractivity (Wildman–Crippen MR) is 110 cm³/mol. The van der Waals surface area contributed by atoms with Gasteiger partial charge in [-0.05, 0) is 45.0 Å². The van der Waals surface area contributed by atoms with Crippen molar-refractivity contribution in [3.8, 4) is 0 Å². The maximum absolute atomic E-state index is 13.0. The molecule has 136 valence electrons. The fraction of sp³-hybridized carbons (Fsp3) is 0.588. The summed E-state index contributed by atoms with van der Waals surface area (Å²) in [6.45, 7) is 11.7. The maximum Gasteiger partial charge on any atom is 0.189 e. The van der Waals surface area contributed by atoms with Gasteiger partial charge in [-0.15, -0.1) is 24.0 Å². The van der Waals surface area contributed by atoms with E-state index in [2.05, 4.69) is 40.9 Å². The second kappa shape index (κ2) is 9.41. The van der Waals surface area contributed by atoms with Crippen LogP contribution in [0, 0.1) is 5.82 Å². The molecule has 0 spiro atoms. The molecule has 1 aliphatic rings. The first kappa shape index (κ1) is 21.0. The quantitative estimate of drug-likeness (QED) is 0.421. The number of guanidine groups is 1. The van der Waals surface area contributed by atoms with Gasteiger partial charge in [0, 0.05) is 44.0 Å². The van der Waals surface area contributed by atoms with Crippen LogP contribution in [0.5, 0.6) is 0 Å². The monoisotopic (exact) mass is 449 g/mol. The highest BCUT2D eigenvalue weighted by molar-refractivity contribution is 14.0. The number of hydrogen-bond donors (Lipinski definition) is 2. The summed E-state index contributed by atoms with van der Waals surface area (Å²) in [6.07, 6.45) is 0. The van der Waals surface area contributed by atoms with Crippen LogP contribution in [0.3, 0.4) is 0 Å². The normalized spacial score (nSPS) is 16.7. The predicted octanol–water partition coefficient (Wildman–Crippen LogP) is 2.27. The average Bonchev–Trinajstić information content (AvgIpc) is 2.47. The van der Waals surface area contributed by atoms with Gasteiger partial charge >= 0.3 is 0 Å². The van der Waals surface area contributed by atoms with Gasteiger partial charge in [-0.3, -0.25) is 9.89 Å². The van der Waals surface area contributed by atoms with Crippen molar-refractivity contribution >= 4 is 35.6 Å². The summed E-state index contributed by atoms with van der Waals surface area (Å²) in [4.78, 5) is 9.05. The number of aliphatic imine (C=N–C) groups is 1. The Balaban J connectivity index is 0.00000288. The lowest BCUT2D eigenvalue weighted by Gasteiger charge is -2.35. The average molecular weight is 449 g/mol. The van der Waals surface area contributed by atoms with E-state index in [1.165, 1.54) is 12.1 Å². The Kier molecular flexibility index (Phi) is 8.21. The van der Waals surface area contributed by atoms with Gasteiger partial charge in [-0.2, -0.15) is 0 Å². The molecule has 1 fully saturated rings. The first-order valence-corrected chi connectivity index (χ1v) is 8.14. The number of nitrogens with one attached hydrogen (secondary N) is 1. The Labute approximate surface area is 161 Å². The number of hydrogen-bond acceptors (Lipinski definition) is 3. The van der Waals surface area contributed by atoms with Crippen LogP contribution >= 0.6 is 24.0 Å². The van der Waals surface area contributed by atoms with Crippen LogP contribution in [0.1, 0.15) is 20.8 Å². The fourth-order valence-electron chi connectivity index (χ4n) is 2.62. The van der Waals surface area contributed by atoms with E-state index in [-0.39, 0.29) is 35.3 Å². The lowest BCUT2D eigenvalue weighted by atomic mass is 10.1. The van der Waals surface area contributed by atoms with Gasteiger partial charge in [0.15, 0.2) is 5.96 Å². The molecule has 5 nitrogen and oxygen atoms in total. The van der Waals surface area contributed by atoms with Crippen molar-refractivity contribution in [3.05, 3.63) is 30.1 Å². The minimum Gasteiger partial charge on any atom is -0.370 e. The van der Waals surface area contributed by atoms with Crippen molar-refractivity contribution in [2.24, 2.45) is 10.7 Å². The van der Waals surface area contributed by atoms with Crippen molar-refractivity contribution < 1.29 is 4.39 Å². The molecule has 0 aliphatic carbocycles. The van der Waals surface area contributed by atoms with Crippen molar-refractivity contribution in [2.45, 2.75) is 26.3 Å². The van der Waals surface area contributed by atoms with Gasteiger partial charge in [-0.25, -0.2) is 4.39 Å². The number of rotatable bonds is 4. The third-order valence-corrected chi connectivity index (χ3v) is 3.77. The third-order valence-electron chi connectivity index (χ3n) is 3.77. The van der Waals surface area contributed by atoms with E-state index in [0.29, 0.717) is 12.5 Å². The smallest absolute Gasteiger partial charge is 0.189 e. The zero-order valence-electron chi connectivity index (χ0n) is 14.8. The third kappa shape index (κ3) is 7.21. The molecule has 1 aliphatic heterocycles. The van der Waals surface area contributed by atoms with Crippen molar-refractivity contribution in [1.82, 2.24) is 10.2 Å². The Morgan fingerprint density at radius 1 is 1.17 bits per heavy atom. The standard InChI is InChI=1S/C17H28FN5.HI/c1-17(2,3)21-16(19)20-8-9-22-10-12-23(13-11-22)15-6-4-14(18)5-7-15;/h4-7H,8-13H2,1-3H3,(H3,19,20,21);1H. The zero-order valence-corrected chi connectivity index (χ0v) is 17.1. The highest BCUT2D eigenvalue weighted by atomic mass is 127. The van der Waals surface area contributed by atoms with E-state index in [0.717, 1.165) is 38.4 Å². The number of nitrogens with zero attached hydrogens (tertiary/aromatic N) is 3. The minimum absolute atomic E-state index is 0. The number of halogens is 2. The van der Waals surface area contributed by atoms with Gasteiger partial charge in [-0.1, -0.05) is 0 Å². The maximum atomic E-state index is 13.0. The summed E-state index contributed by atoms with van der Waals surface area (Å²) in [5, 5.41) is 3.16. The Bertz CT molecular complexity index is 519. The van der Waals surface area contributed by atoms with Gasteiger partial charge < -0.3 is 16.0 Å². The number of benzene rings is 1. The molecule has 0 radical (unpaired) electrons. The Morgan fingerprint density at radius 3 is 2.29 bits per heavy atom. The molecule has 0 saturated carbocycles. The van der Waals surface area contributed by atoms with Crippen LogP contribution in [0.4, 0.5) is 10.1 Å². The Morgan fingerprint density at radius 2 is 1.75 bits per heavy atom. The minimum atomic E-state index is -0.188. The van der Waals surface area contributed by atoms with E-state index in [1.807, 2.05) is 12.1 Å². The summed E-state index contributed by atoms with van der Waals surface area (Å²) >= 11 is 0. The van der Waals surface area contributed by atoms with E-state index < -0.39 is 0 Å². The van der Waals surface area contributed by atoms with E-state index >= 15 is 0 Å². The molecule has 1 aromatic rings. The molecular formula is C17H29FIN5. The molecule has 1 saturated heterocycles. The molecule has 0 unspecified atom stereocenters. The molecule has 0 aromatic heterocycles. The Hall–Kier alpha value is -1.09. The highest BCUT2D eigenvalue weighted by Crippen LogP contribution is 2.16. The first-order valence-electron chi connectivity index (χ1n) is 8.14. The van der Waals surface area contributed by atoms with Gasteiger partial charge in [0.25, 0.3) is 0 Å². The molecule has 0 atom stereocenters. The number of anilines is 1. The van der Waals surface area contributed by atoms with Gasteiger partial charge in [0.05, 0.1) is 6.54 Å². The van der Waals surface area contributed by atoms with Crippen LogP contribution in [0.25, 0.3) is 0 Å². The number of piperazine rings is 1. The number of nitrogens with two attached hydrogens (primary N) is 1. The van der Waals surface area contributed by atoms with Crippen LogP contribution in [-0.4, -0.2) is 55.7 Å². The summed E-state index contributed by atoms with van der Waals surface area (Å²) in [5.41, 5.74) is 6.89. The molecule has 1 heterocycles. The van der Waals surface area contributed by atoms with Crippen LogP contribution in [-0.2, 0) is 0 Å². The van der Waals surface area contributed by atoms with Crippen LogP contribution < -0.4 is 16.0 Å². The highest BCUT2D eigenvalue weighted by Gasteiger charge is 2.17. The first-order chi connectivity index (χ1) is 10.8. The largest absolute Gasteiger partial charge is 0.370 e. The van der Waals surface area contributed by atoms with Gasteiger partial charge in [0.1, 0.15) is 5.82 Å². The summed E-state index contributed by atoms with van der Waals surface area (Å²) < 4.78 is 13.0. The summed E-state index contributed by atoms with van der Waals surface area (Å²) in [5.74, 6) is 0.314. The fourth-order valence-corrected chi connectivity index (χ4v) is 2.62. The zero-order chi connectivity index (χ0) is 16.9. The molecule has 3 N–H and O–H groups in total. The van der Waals surface area contributed by atoms with Crippen molar-refractivity contribution in [1.29, 1.82) is 0 Å². The molecule has 24 heavy (non-hydrogen) atoms. The van der Waals surface area contributed by atoms with Crippen molar-refractivity contribution in [2.75, 3.05) is 44.2 Å².